The SMILES string of the molecule is [CH2]C(C(C)C)N(CC)CC. The molecule has 0 aromatic heterocycles. The van der Waals surface area contributed by atoms with Gasteiger partial charge in [0, 0.05) is 6.04 Å². The average molecular weight is 142 g/mol. The summed E-state index contributed by atoms with van der Waals surface area (Å²) in [5.74, 6) is 0.667. The van der Waals surface area contributed by atoms with Crippen molar-refractivity contribution in [1.82, 2.24) is 4.90 Å². The zero-order chi connectivity index (χ0) is 8.15. The third-order valence-electron chi connectivity index (χ3n) is 2.05. The smallest absolute Gasteiger partial charge is 0.0119 e. The summed E-state index contributed by atoms with van der Waals surface area (Å²) in [7, 11) is 0. The van der Waals surface area contributed by atoms with Gasteiger partial charge in [-0.15, -0.1) is 0 Å². The highest BCUT2D eigenvalue weighted by atomic mass is 15.1. The van der Waals surface area contributed by atoms with Crippen LogP contribution >= 0.6 is 0 Å². The highest BCUT2D eigenvalue weighted by Crippen LogP contribution is 2.07. The Morgan fingerprint density at radius 2 is 1.60 bits per heavy atom. The fourth-order valence-electron chi connectivity index (χ4n) is 1.11. The van der Waals surface area contributed by atoms with Crippen LogP contribution in [0.3, 0.4) is 0 Å². The quantitative estimate of drug-likeness (QED) is 0.581. The van der Waals surface area contributed by atoms with Crippen LogP contribution in [0, 0.1) is 12.8 Å². The summed E-state index contributed by atoms with van der Waals surface area (Å²) in [5.41, 5.74) is 0. The van der Waals surface area contributed by atoms with Gasteiger partial charge in [-0.1, -0.05) is 27.7 Å². The van der Waals surface area contributed by atoms with E-state index < -0.39 is 0 Å². The van der Waals surface area contributed by atoms with Gasteiger partial charge in [0.1, 0.15) is 0 Å². The van der Waals surface area contributed by atoms with E-state index in [9.17, 15) is 0 Å². The van der Waals surface area contributed by atoms with Crippen molar-refractivity contribution in [2.75, 3.05) is 13.1 Å². The molecule has 0 spiro atoms. The van der Waals surface area contributed by atoms with Gasteiger partial charge in [-0.05, 0) is 25.9 Å². The van der Waals surface area contributed by atoms with Gasteiger partial charge in [-0.2, -0.15) is 0 Å². The normalized spacial score (nSPS) is 14.7. The summed E-state index contributed by atoms with van der Waals surface area (Å²) in [6.45, 7) is 15.1. The molecule has 1 nitrogen and oxygen atoms in total. The van der Waals surface area contributed by atoms with Gasteiger partial charge in [0.15, 0.2) is 0 Å². The standard InChI is InChI=1S/C9H20N/c1-6-10(7-2)9(5)8(3)4/h8-9H,5-7H2,1-4H3. The Morgan fingerprint density at radius 3 is 1.70 bits per heavy atom. The Balaban J connectivity index is 3.76. The zero-order valence-corrected chi connectivity index (χ0v) is 7.72. The highest BCUT2D eigenvalue weighted by Gasteiger charge is 2.12. The molecule has 0 saturated heterocycles. The van der Waals surface area contributed by atoms with Crippen LogP contribution in [0.4, 0.5) is 0 Å². The van der Waals surface area contributed by atoms with Crippen LogP contribution in [0.15, 0.2) is 0 Å². The van der Waals surface area contributed by atoms with Crippen molar-refractivity contribution in [3.8, 4) is 0 Å². The van der Waals surface area contributed by atoms with Gasteiger partial charge in [0.05, 0.1) is 0 Å². The van der Waals surface area contributed by atoms with Gasteiger partial charge < -0.3 is 4.90 Å². The van der Waals surface area contributed by atoms with Crippen molar-refractivity contribution in [3.63, 3.8) is 0 Å². The summed E-state index contributed by atoms with van der Waals surface area (Å²) < 4.78 is 0. The molecule has 0 aliphatic rings. The van der Waals surface area contributed by atoms with Crippen LogP contribution < -0.4 is 0 Å². The second-order valence-corrected chi connectivity index (χ2v) is 3.03. The maximum atomic E-state index is 4.11. The predicted octanol–water partition coefficient (Wildman–Crippen LogP) is 2.19. The Bertz CT molecular complexity index is 74.8. The summed E-state index contributed by atoms with van der Waals surface area (Å²) >= 11 is 0. The van der Waals surface area contributed by atoms with E-state index in [1.807, 2.05) is 0 Å². The van der Waals surface area contributed by atoms with Crippen molar-refractivity contribution in [2.45, 2.75) is 33.7 Å². The van der Waals surface area contributed by atoms with Crippen molar-refractivity contribution in [1.29, 1.82) is 0 Å². The third-order valence-corrected chi connectivity index (χ3v) is 2.05. The van der Waals surface area contributed by atoms with E-state index in [0.29, 0.717) is 12.0 Å². The molecule has 1 atom stereocenters. The van der Waals surface area contributed by atoms with E-state index in [1.54, 1.807) is 0 Å². The monoisotopic (exact) mass is 142 g/mol. The summed E-state index contributed by atoms with van der Waals surface area (Å²) in [6, 6.07) is 0.481. The molecule has 0 bridgehead atoms. The van der Waals surface area contributed by atoms with E-state index >= 15 is 0 Å². The molecule has 10 heavy (non-hydrogen) atoms. The minimum Gasteiger partial charge on any atom is -0.301 e. The van der Waals surface area contributed by atoms with Crippen LogP contribution in [-0.4, -0.2) is 24.0 Å². The minimum absolute atomic E-state index is 0.481. The molecular formula is C9H20N. The molecule has 0 saturated carbocycles. The van der Waals surface area contributed by atoms with Crippen molar-refractivity contribution >= 4 is 0 Å². The number of hydrogen-bond acceptors (Lipinski definition) is 1. The Hall–Kier alpha value is -0.0400. The van der Waals surface area contributed by atoms with Gasteiger partial charge in [-0.25, -0.2) is 0 Å². The maximum Gasteiger partial charge on any atom is 0.0119 e. The van der Waals surface area contributed by atoms with E-state index in [1.165, 1.54) is 0 Å². The molecule has 0 aromatic rings. The second kappa shape index (κ2) is 4.73. The van der Waals surface area contributed by atoms with E-state index in [4.69, 9.17) is 0 Å². The molecule has 0 aliphatic carbocycles. The molecule has 0 amide bonds. The fraction of sp³-hybridized carbons (Fsp3) is 0.889. The molecule has 0 N–H and O–H groups in total. The van der Waals surface area contributed by atoms with Crippen molar-refractivity contribution in [3.05, 3.63) is 6.92 Å². The van der Waals surface area contributed by atoms with Gasteiger partial charge in [0.2, 0.25) is 0 Å². The fourth-order valence-corrected chi connectivity index (χ4v) is 1.11. The van der Waals surface area contributed by atoms with Crippen LogP contribution in [0.2, 0.25) is 0 Å². The molecule has 0 aliphatic heterocycles. The van der Waals surface area contributed by atoms with Crippen molar-refractivity contribution in [2.24, 2.45) is 5.92 Å². The number of rotatable bonds is 4. The third kappa shape index (κ3) is 2.70. The lowest BCUT2D eigenvalue weighted by Gasteiger charge is -2.29. The molecule has 0 fully saturated rings. The predicted molar refractivity (Wildman–Crippen MR) is 46.9 cm³/mol. The molecule has 1 heteroatoms. The lowest BCUT2D eigenvalue weighted by Crippen LogP contribution is -2.36. The molecule has 0 rings (SSSR count). The van der Waals surface area contributed by atoms with Crippen LogP contribution in [0.25, 0.3) is 0 Å². The summed E-state index contributed by atoms with van der Waals surface area (Å²) in [5, 5.41) is 0. The molecule has 1 unspecified atom stereocenters. The first-order valence-electron chi connectivity index (χ1n) is 4.20. The lowest BCUT2D eigenvalue weighted by molar-refractivity contribution is 0.207. The maximum absolute atomic E-state index is 4.11. The van der Waals surface area contributed by atoms with Crippen LogP contribution in [0.1, 0.15) is 27.7 Å². The first kappa shape index (κ1) is 9.96. The first-order valence-corrected chi connectivity index (χ1v) is 4.20. The highest BCUT2D eigenvalue weighted by molar-refractivity contribution is 4.74. The topological polar surface area (TPSA) is 3.24 Å². The van der Waals surface area contributed by atoms with Gasteiger partial charge in [0.25, 0.3) is 0 Å². The molecule has 0 heterocycles. The molecule has 0 aromatic carbocycles. The number of hydrogen-bond donors (Lipinski definition) is 0. The lowest BCUT2D eigenvalue weighted by atomic mass is 10.1. The number of nitrogens with zero attached hydrogens (tertiary/aromatic N) is 1. The average Bonchev–Trinajstić information content (AvgIpc) is 1.90. The van der Waals surface area contributed by atoms with E-state index in [-0.39, 0.29) is 0 Å². The Kier molecular flexibility index (Phi) is 4.71. The van der Waals surface area contributed by atoms with Crippen LogP contribution in [-0.2, 0) is 0 Å². The summed E-state index contributed by atoms with van der Waals surface area (Å²) in [4.78, 5) is 2.38. The Labute approximate surface area is 65.4 Å². The minimum atomic E-state index is 0.481. The van der Waals surface area contributed by atoms with Gasteiger partial charge >= 0.3 is 0 Å². The molecule has 61 valence electrons. The second-order valence-electron chi connectivity index (χ2n) is 3.03. The van der Waals surface area contributed by atoms with E-state index in [2.05, 4.69) is 39.5 Å². The Morgan fingerprint density at radius 1 is 1.20 bits per heavy atom. The zero-order valence-electron chi connectivity index (χ0n) is 7.72. The molecular weight excluding hydrogens is 122 g/mol. The van der Waals surface area contributed by atoms with Crippen LogP contribution in [0.5, 0.6) is 0 Å². The van der Waals surface area contributed by atoms with E-state index in [0.717, 1.165) is 13.1 Å². The first-order chi connectivity index (χ1) is 4.63. The van der Waals surface area contributed by atoms with Gasteiger partial charge in [-0.3, -0.25) is 0 Å². The van der Waals surface area contributed by atoms with Crippen molar-refractivity contribution < 1.29 is 0 Å². The molecule has 1 radical (unpaired) electrons. The largest absolute Gasteiger partial charge is 0.301 e. The summed E-state index contributed by atoms with van der Waals surface area (Å²) in [6.07, 6.45) is 0.